The number of hydrogen-bond acceptors (Lipinski definition) is 6. The first-order valence-corrected chi connectivity index (χ1v) is 17.0. The molecule has 0 radical (unpaired) electrons. The van der Waals surface area contributed by atoms with Gasteiger partial charge < -0.3 is 10.2 Å². The number of rotatable bonds is 15. The van der Waals surface area contributed by atoms with Crippen LogP contribution in [0.4, 0.5) is 0 Å². The van der Waals surface area contributed by atoms with Crippen LogP contribution in [0.25, 0.3) is 11.1 Å². The van der Waals surface area contributed by atoms with Crippen LogP contribution in [-0.4, -0.2) is 49.4 Å². The molecule has 3 aromatic rings. The number of hydrogen-bond donors (Lipinski definition) is 3. The van der Waals surface area contributed by atoms with Crippen molar-refractivity contribution >= 4 is 63.6 Å². The molecule has 0 bridgehead atoms. The Morgan fingerprint density at radius 2 is 1.68 bits per heavy atom. The van der Waals surface area contributed by atoms with Crippen LogP contribution in [0, 0.1) is 0 Å². The number of carbonyl (C=O) groups excluding carboxylic acids is 3. The first-order valence-electron chi connectivity index (χ1n) is 14.3. The van der Waals surface area contributed by atoms with Gasteiger partial charge in [-0.2, -0.15) is 12.6 Å². The van der Waals surface area contributed by atoms with E-state index in [4.69, 9.17) is 23.2 Å². The maximum atomic E-state index is 13.1. The molecule has 0 saturated heterocycles. The number of unbranched alkanes of at least 4 members (excludes halogenated alkanes) is 1. The Bertz CT molecular complexity index is 1580. The summed E-state index contributed by atoms with van der Waals surface area (Å²) in [6.45, 7) is 3.95. The second-order valence-electron chi connectivity index (χ2n) is 10.4. The van der Waals surface area contributed by atoms with E-state index in [0.29, 0.717) is 35.5 Å². The summed E-state index contributed by atoms with van der Waals surface area (Å²) >= 11 is 17.3. The zero-order valence-corrected chi connectivity index (χ0v) is 27.9. The Hall–Kier alpha value is -3.05. The van der Waals surface area contributed by atoms with E-state index in [0.717, 1.165) is 30.9 Å². The summed E-state index contributed by atoms with van der Waals surface area (Å²) < 4.78 is 27.5. The molecule has 3 amide bonds. The summed E-state index contributed by atoms with van der Waals surface area (Å²) in [5.74, 6) is -0.959. The fourth-order valence-corrected chi connectivity index (χ4v) is 6.64. The molecule has 0 heterocycles. The van der Waals surface area contributed by atoms with Gasteiger partial charge in [0.1, 0.15) is 0 Å². The number of nitrogens with zero attached hydrogens (tertiary/aromatic N) is 1. The highest BCUT2D eigenvalue weighted by Gasteiger charge is 2.22. The quantitative estimate of drug-likeness (QED) is 0.170. The summed E-state index contributed by atoms with van der Waals surface area (Å²) in [7, 11) is -4.11. The second-order valence-corrected chi connectivity index (χ2v) is 13.7. The normalized spacial score (nSPS) is 11.9. The van der Waals surface area contributed by atoms with Gasteiger partial charge in [-0.05, 0) is 48.2 Å². The number of halogens is 2. The minimum Gasteiger partial charge on any atom is -0.355 e. The summed E-state index contributed by atoms with van der Waals surface area (Å²) in [4.78, 5) is 38.8. The molecule has 44 heavy (non-hydrogen) atoms. The Morgan fingerprint density at radius 1 is 0.932 bits per heavy atom. The maximum absolute atomic E-state index is 13.1. The molecule has 0 aliphatic heterocycles. The fourth-order valence-electron chi connectivity index (χ4n) is 4.61. The molecule has 12 heteroatoms. The standard InChI is InChI=1S/C32H37Cl2N3O5S2/c1-3-4-12-32(40)37(16-15-31(39)35-20-26(43)18-23-8-7-9-25(33)17-23)21-24-13-14-27(29(34)19-24)28-10-5-6-11-30(28)44(41,42)36-22(2)38/h5-11,13-14,17,19,26,43H,3-4,12,15-16,18,20-21H2,1-2H3,(H,35,39)(H,36,38)/t26-/m1/s1. The first kappa shape index (κ1) is 35.4. The third-order valence-electron chi connectivity index (χ3n) is 6.75. The Morgan fingerprint density at radius 3 is 2.36 bits per heavy atom. The molecule has 0 aliphatic rings. The summed E-state index contributed by atoms with van der Waals surface area (Å²) in [6, 6.07) is 18.9. The van der Waals surface area contributed by atoms with Crippen LogP contribution >= 0.6 is 35.8 Å². The molecule has 236 valence electrons. The van der Waals surface area contributed by atoms with Gasteiger partial charge in [-0.25, -0.2) is 13.1 Å². The van der Waals surface area contributed by atoms with E-state index in [2.05, 4.69) is 17.9 Å². The van der Waals surface area contributed by atoms with Crippen molar-refractivity contribution in [1.82, 2.24) is 14.9 Å². The molecule has 3 aromatic carbocycles. The molecular weight excluding hydrogens is 641 g/mol. The van der Waals surface area contributed by atoms with Crippen LogP contribution in [0.15, 0.2) is 71.6 Å². The third-order valence-corrected chi connectivity index (χ3v) is 9.16. The van der Waals surface area contributed by atoms with Crippen molar-refractivity contribution in [3.63, 3.8) is 0 Å². The number of sulfonamides is 1. The van der Waals surface area contributed by atoms with Gasteiger partial charge >= 0.3 is 0 Å². The SMILES string of the molecule is CCCCC(=O)N(CCC(=O)NC[C@H](S)Cc1cccc(Cl)c1)Cc1ccc(-c2ccccc2S(=O)(=O)NC(C)=O)c(Cl)c1. The van der Waals surface area contributed by atoms with E-state index < -0.39 is 15.9 Å². The lowest BCUT2D eigenvalue weighted by Gasteiger charge is -2.23. The minimum atomic E-state index is -4.11. The van der Waals surface area contributed by atoms with E-state index in [1.54, 1.807) is 47.4 Å². The van der Waals surface area contributed by atoms with E-state index in [1.165, 1.54) is 6.07 Å². The van der Waals surface area contributed by atoms with Crippen molar-refractivity contribution in [3.8, 4) is 11.1 Å². The monoisotopic (exact) mass is 677 g/mol. The summed E-state index contributed by atoms with van der Waals surface area (Å²) in [5, 5.41) is 3.73. The van der Waals surface area contributed by atoms with E-state index in [9.17, 15) is 22.8 Å². The predicted molar refractivity (Wildman–Crippen MR) is 178 cm³/mol. The number of thiol groups is 1. The van der Waals surface area contributed by atoms with Gasteiger partial charge in [-0.15, -0.1) is 0 Å². The van der Waals surface area contributed by atoms with E-state index >= 15 is 0 Å². The van der Waals surface area contributed by atoms with Crippen LogP contribution in [0.1, 0.15) is 50.7 Å². The van der Waals surface area contributed by atoms with Crippen molar-refractivity contribution in [1.29, 1.82) is 0 Å². The Kier molecular flexibility index (Phi) is 13.6. The molecule has 0 unspecified atom stereocenters. The third kappa shape index (κ3) is 10.8. The average Bonchev–Trinajstić information content (AvgIpc) is 2.96. The van der Waals surface area contributed by atoms with Crippen LogP contribution < -0.4 is 10.0 Å². The summed E-state index contributed by atoms with van der Waals surface area (Å²) in [5.41, 5.74) is 2.55. The molecular formula is C32H37Cl2N3O5S2. The van der Waals surface area contributed by atoms with Crippen LogP contribution in [0.3, 0.4) is 0 Å². The Labute approximate surface area is 275 Å². The molecule has 0 saturated carbocycles. The highest BCUT2D eigenvalue weighted by molar-refractivity contribution is 7.90. The highest BCUT2D eigenvalue weighted by Crippen LogP contribution is 2.33. The minimum absolute atomic E-state index is 0.0698. The van der Waals surface area contributed by atoms with Crippen LogP contribution in [0.5, 0.6) is 0 Å². The number of benzene rings is 3. The molecule has 1 atom stereocenters. The Balaban J connectivity index is 1.69. The number of nitrogens with one attached hydrogen (secondary N) is 2. The second kappa shape index (κ2) is 16.9. The van der Waals surface area contributed by atoms with Gasteiger partial charge in [0.05, 0.1) is 4.90 Å². The topological polar surface area (TPSA) is 113 Å². The van der Waals surface area contributed by atoms with Gasteiger partial charge in [0.2, 0.25) is 17.7 Å². The van der Waals surface area contributed by atoms with Crippen LogP contribution in [0.2, 0.25) is 10.0 Å². The largest absolute Gasteiger partial charge is 0.355 e. The van der Waals surface area contributed by atoms with Gasteiger partial charge in [0.25, 0.3) is 10.0 Å². The van der Waals surface area contributed by atoms with Gasteiger partial charge in [-0.3, -0.25) is 14.4 Å². The molecule has 3 rings (SSSR count). The lowest BCUT2D eigenvalue weighted by atomic mass is 10.0. The maximum Gasteiger partial charge on any atom is 0.264 e. The molecule has 0 aromatic heterocycles. The van der Waals surface area contributed by atoms with Gasteiger partial charge in [-0.1, -0.05) is 79.0 Å². The molecule has 0 fully saturated rings. The zero-order valence-electron chi connectivity index (χ0n) is 24.7. The van der Waals surface area contributed by atoms with Gasteiger partial charge in [0.15, 0.2) is 0 Å². The fraction of sp³-hybridized carbons (Fsp3) is 0.344. The molecule has 0 spiro atoms. The number of amides is 3. The van der Waals surface area contributed by atoms with Gasteiger partial charge in [0, 0.05) is 65.8 Å². The van der Waals surface area contributed by atoms with E-state index in [1.807, 2.05) is 29.8 Å². The predicted octanol–water partition coefficient (Wildman–Crippen LogP) is 6.05. The molecule has 0 aliphatic carbocycles. The lowest BCUT2D eigenvalue weighted by molar-refractivity contribution is -0.132. The smallest absolute Gasteiger partial charge is 0.264 e. The van der Waals surface area contributed by atoms with Crippen molar-refractivity contribution in [2.24, 2.45) is 0 Å². The summed E-state index contributed by atoms with van der Waals surface area (Å²) in [6.07, 6.45) is 2.71. The zero-order chi connectivity index (χ0) is 32.3. The lowest BCUT2D eigenvalue weighted by Crippen LogP contribution is -2.36. The highest BCUT2D eigenvalue weighted by atomic mass is 35.5. The average molecular weight is 679 g/mol. The van der Waals surface area contributed by atoms with Crippen molar-refractivity contribution < 1.29 is 22.8 Å². The van der Waals surface area contributed by atoms with Crippen LogP contribution in [-0.2, 0) is 37.4 Å². The molecule has 8 nitrogen and oxygen atoms in total. The van der Waals surface area contributed by atoms with Crippen molar-refractivity contribution in [3.05, 3.63) is 87.9 Å². The van der Waals surface area contributed by atoms with Crippen molar-refractivity contribution in [2.45, 2.75) is 62.6 Å². The molecule has 2 N–H and O–H groups in total. The first-order chi connectivity index (χ1) is 20.9. The van der Waals surface area contributed by atoms with Crippen molar-refractivity contribution in [2.75, 3.05) is 13.1 Å². The van der Waals surface area contributed by atoms with E-state index in [-0.39, 0.29) is 46.5 Å². The number of carbonyl (C=O) groups is 3.